The lowest BCUT2D eigenvalue weighted by Crippen LogP contribution is -2.00. The van der Waals surface area contributed by atoms with Crippen LogP contribution in [0.4, 0.5) is 0 Å². The first-order valence-electron chi connectivity index (χ1n) is 9.49. The van der Waals surface area contributed by atoms with E-state index in [4.69, 9.17) is 4.74 Å². The largest absolute Gasteiger partial charge is 0.488 e. The van der Waals surface area contributed by atoms with Gasteiger partial charge in [-0.3, -0.25) is 0 Å². The monoisotopic (exact) mass is 460 g/mol. The fraction of sp³-hybridized carbons (Fsp3) is 0.0833. The van der Waals surface area contributed by atoms with Gasteiger partial charge in [-0.15, -0.1) is 0 Å². The van der Waals surface area contributed by atoms with Crippen molar-refractivity contribution in [1.82, 2.24) is 9.55 Å². The maximum Gasteiger partial charge on any atom is 0.335 e. The number of para-hydroxylation sites is 2. The van der Waals surface area contributed by atoms with Gasteiger partial charge in [0.25, 0.3) is 0 Å². The molecule has 1 aliphatic rings. The standard InChI is InChI=1S/C24H17BrN2O3/c25-17-7-5-16-13-30-23-8-6-15(24(28)29)11-20(23)18(19(16)12-17)9-10-27-14-26-21-3-1-2-4-22(21)27/h1-9,11-12,14H,10,13H2,(H,28,29)/b18-9+. The zero-order chi connectivity index (χ0) is 20.7. The molecule has 3 aromatic carbocycles. The van der Waals surface area contributed by atoms with E-state index in [0.29, 0.717) is 18.9 Å². The number of benzene rings is 3. The number of carboxylic acids is 1. The number of imidazole rings is 1. The van der Waals surface area contributed by atoms with Gasteiger partial charge in [0.1, 0.15) is 12.4 Å². The van der Waals surface area contributed by atoms with Crippen LogP contribution in [0.1, 0.15) is 27.0 Å². The summed E-state index contributed by atoms with van der Waals surface area (Å²) < 4.78 is 9.05. The van der Waals surface area contributed by atoms with E-state index < -0.39 is 5.97 Å². The number of ether oxygens (including phenoxy) is 1. The highest BCUT2D eigenvalue weighted by Crippen LogP contribution is 2.38. The number of halogens is 1. The van der Waals surface area contributed by atoms with Crippen LogP contribution in [0.15, 0.2) is 77.5 Å². The van der Waals surface area contributed by atoms with Crippen LogP contribution in [0.5, 0.6) is 5.75 Å². The van der Waals surface area contributed by atoms with Crippen LogP contribution in [0.2, 0.25) is 0 Å². The molecular formula is C24H17BrN2O3. The highest BCUT2D eigenvalue weighted by atomic mass is 79.9. The van der Waals surface area contributed by atoms with Gasteiger partial charge >= 0.3 is 5.97 Å². The first kappa shape index (κ1) is 18.6. The van der Waals surface area contributed by atoms with Gasteiger partial charge in [-0.1, -0.05) is 40.2 Å². The quantitative estimate of drug-likeness (QED) is 0.436. The van der Waals surface area contributed by atoms with Crippen molar-refractivity contribution in [3.05, 3.63) is 99.8 Å². The van der Waals surface area contributed by atoms with Crippen LogP contribution < -0.4 is 4.74 Å². The van der Waals surface area contributed by atoms with Gasteiger partial charge in [-0.2, -0.15) is 0 Å². The highest BCUT2D eigenvalue weighted by molar-refractivity contribution is 9.10. The summed E-state index contributed by atoms with van der Waals surface area (Å²) in [6, 6.07) is 19.1. The van der Waals surface area contributed by atoms with Gasteiger partial charge in [-0.05, 0) is 59.2 Å². The molecule has 148 valence electrons. The lowest BCUT2D eigenvalue weighted by atomic mass is 9.93. The Morgan fingerprint density at radius 2 is 2.00 bits per heavy atom. The number of hydrogen-bond acceptors (Lipinski definition) is 3. The van der Waals surface area contributed by atoms with E-state index in [9.17, 15) is 9.90 Å². The van der Waals surface area contributed by atoms with Gasteiger partial charge in [0.05, 0.1) is 22.9 Å². The third-order valence-corrected chi connectivity index (χ3v) is 5.77. The third-order valence-electron chi connectivity index (χ3n) is 5.28. The topological polar surface area (TPSA) is 64.3 Å². The molecule has 0 radical (unpaired) electrons. The number of carbonyl (C=O) groups is 1. The Balaban J connectivity index is 1.68. The molecule has 4 aromatic rings. The predicted molar refractivity (Wildman–Crippen MR) is 119 cm³/mol. The van der Waals surface area contributed by atoms with E-state index in [1.54, 1.807) is 18.2 Å². The maximum absolute atomic E-state index is 11.6. The maximum atomic E-state index is 11.6. The molecule has 1 aromatic heterocycles. The molecule has 0 atom stereocenters. The zero-order valence-corrected chi connectivity index (χ0v) is 17.5. The van der Waals surface area contributed by atoms with Crippen molar-refractivity contribution in [2.75, 3.05) is 0 Å². The predicted octanol–water partition coefficient (Wildman–Crippen LogP) is 5.52. The number of carboxylic acid groups (broad SMARTS) is 1. The van der Waals surface area contributed by atoms with Crippen molar-refractivity contribution in [2.45, 2.75) is 13.2 Å². The second kappa shape index (κ2) is 7.46. The van der Waals surface area contributed by atoms with Crippen molar-refractivity contribution in [3.63, 3.8) is 0 Å². The number of aromatic nitrogens is 2. The number of nitrogens with zero attached hydrogens (tertiary/aromatic N) is 2. The van der Waals surface area contributed by atoms with Crippen LogP contribution in [-0.4, -0.2) is 20.6 Å². The number of hydrogen-bond donors (Lipinski definition) is 1. The average Bonchev–Trinajstić information content (AvgIpc) is 3.10. The fourth-order valence-electron chi connectivity index (χ4n) is 3.79. The van der Waals surface area contributed by atoms with Crippen molar-refractivity contribution >= 4 is 38.5 Å². The molecule has 5 nitrogen and oxygen atoms in total. The van der Waals surface area contributed by atoms with E-state index in [2.05, 4.69) is 37.6 Å². The lowest BCUT2D eigenvalue weighted by Gasteiger charge is -2.12. The summed E-state index contributed by atoms with van der Waals surface area (Å²) in [6.07, 6.45) is 3.93. The van der Waals surface area contributed by atoms with Crippen molar-refractivity contribution in [3.8, 4) is 5.75 Å². The van der Waals surface area contributed by atoms with Crippen LogP contribution >= 0.6 is 15.9 Å². The SMILES string of the molecule is O=C(O)c1ccc2c(c1)/C(=C/Cn1cnc3ccccc31)c1cc(Br)ccc1CO2. The van der Waals surface area contributed by atoms with Gasteiger partial charge in [0, 0.05) is 16.6 Å². The Labute approximate surface area is 181 Å². The number of allylic oxidation sites excluding steroid dienone is 1. The molecule has 0 spiro atoms. The van der Waals surface area contributed by atoms with Crippen LogP contribution in [-0.2, 0) is 13.2 Å². The Hall–Kier alpha value is -3.38. The smallest absolute Gasteiger partial charge is 0.335 e. The molecule has 1 N–H and O–H groups in total. The molecule has 1 aliphatic heterocycles. The molecule has 0 amide bonds. The number of fused-ring (bicyclic) bond motifs is 3. The molecule has 0 fully saturated rings. The van der Waals surface area contributed by atoms with Crippen molar-refractivity contribution < 1.29 is 14.6 Å². The molecule has 30 heavy (non-hydrogen) atoms. The Bertz CT molecular complexity index is 1320. The summed E-state index contributed by atoms with van der Waals surface area (Å²) in [7, 11) is 0. The second-order valence-electron chi connectivity index (χ2n) is 7.11. The summed E-state index contributed by atoms with van der Waals surface area (Å²) in [5, 5.41) is 9.50. The van der Waals surface area contributed by atoms with Gasteiger partial charge in [0.15, 0.2) is 0 Å². The van der Waals surface area contributed by atoms with Crippen LogP contribution in [0.3, 0.4) is 0 Å². The molecule has 0 saturated carbocycles. The van der Waals surface area contributed by atoms with Crippen LogP contribution in [0, 0.1) is 0 Å². The first-order chi connectivity index (χ1) is 14.6. The minimum absolute atomic E-state index is 0.231. The lowest BCUT2D eigenvalue weighted by molar-refractivity contribution is 0.0697. The highest BCUT2D eigenvalue weighted by Gasteiger charge is 2.21. The molecule has 0 saturated heterocycles. The molecule has 0 unspecified atom stereocenters. The molecular weight excluding hydrogens is 444 g/mol. The number of rotatable bonds is 3. The second-order valence-corrected chi connectivity index (χ2v) is 8.03. The first-order valence-corrected chi connectivity index (χ1v) is 10.3. The van der Waals surface area contributed by atoms with Gasteiger partial charge < -0.3 is 14.4 Å². The normalized spacial score (nSPS) is 14.1. The Kier molecular flexibility index (Phi) is 4.64. The minimum atomic E-state index is -0.962. The summed E-state index contributed by atoms with van der Waals surface area (Å²) >= 11 is 3.57. The van der Waals surface area contributed by atoms with Crippen LogP contribution in [0.25, 0.3) is 16.6 Å². The minimum Gasteiger partial charge on any atom is -0.488 e. The van der Waals surface area contributed by atoms with E-state index >= 15 is 0 Å². The van der Waals surface area contributed by atoms with E-state index in [-0.39, 0.29) is 5.56 Å². The van der Waals surface area contributed by atoms with E-state index in [1.165, 1.54) is 0 Å². The summed E-state index contributed by atoms with van der Waals surface area (Å²) in [5.74, 6) is -0.287. The molecule has 5 rings (SSSR count). The zero-order valence-electron chi connectivity index (χ0n) is 15.9. The number of aromatic carboxylic acids is 1. The van der Waals surface area contributed by atoms with E-state index in [0.717, 1.165) is 37.8 Å². The molecule has 0 bridgehead atoms. The Morgan fingerprint density at radius 1 is 1.13 bits per heavy atom. The van der Waals surface area contributed by atoms with Crippen molar-refractivity contribution in [2.24, 2.45) is 0 Å². The average molecular weight is 461 g/mol. The summed E-state index contributed by atoms with van der Waals surface area (Å²) in [5.41, 5.74) is 6.01. The fourth-order valence-corrected chi connectivity index (χ4v) is 4.15. The van der Waals surface area contributed by atoms with E-state index in [1.807, 2.05) is 42.7 Å². The summed E-state index contributed by atoms with van der Waals surface area (Å²) in [6.45, 7) is 1.02. The van der Waals surface area contributed by atoms with Gasteiger partial charge in [0.2, 0.25) is 0 Å². The molecule has 6 heteroatoms. The third kappa shape index (κ3) is 3.29. The van der Waals surface area contributed by atoms with Gasteiger partial charge in [-0.25, -0.2) is 9.78 Å². The summed E-state index contributed by atoms with van der Waals surface area (Å²) in [4.78, 5) is 16.1. The Morgan fingerprint density at radius 3 is 2.87 bits per heavy atom. The molecule has 0 aliphatic carbocycles. The molecule has 2 heterocycles. The van der Waals surface area contributed by atoms with Crippen molar-refractivity contribution in [1.29, 1.82) is 0 Å².